The Labute approximate surface area is 176 Å². The number of hydrogen-bond donors (Lipinski definition) is 0. The third kappa shape index (κ3) is 4.20. The first kappa shape index (κ1) is 20.0. The van der Waals surface area contributed by atoms with Crippen molar-refractivity contribution in [2.24, 2.45) is 0 Å². The fourth-order valence-corrected chi connectivity index (χ4v) is 5.29. The molecule has 1 aromatic heterocycles. The van der Waals surface area contributed by atoms with Crippen molar-refractivity contribution in [3.05, 3.63) is 77.3 Å². The predicted molar refractivity (Wildman–Crippen MR) is 116 cm³/mol. The van der Waals surface area contributed by atoms with Gasteiger partial charge in [0.1, 0.15) is 0 Å². The Morgan fingerprint density at radius 2 is 1.66 bits per heavy atom. The molecule has 0 unspecified atom stereocenters. The molecule has 152 valence electrons. The van der Waals surface area contributed by atoms with Crippen LogP contribution in [0, 0.1) is 11.7 Å². The van der Waals surface area contributed by atoms with E-state index in [1.807, 2.05) is 39.7 Å². The Morgan fingerprint density at radius 3 is 2.34 bits per heavy atom. The van der Waals surface area contributed by atoms with Gasteiger partial charge in [-0.3, -0.25) is 9.47 Å². The average molecular weight is 429 g/mol. The summed E-state index contributed by atoms with van der Waals surface area (Å²) >= 11 is 5.66. The number of nitrogens with zero attached hydrogens (tertiary/aromatic N) is 4. The average Bonchev–Trinajstić information content (AvgIpc) is 3.09. The van der Waals surface area contributed by atoms with E-state index >= 15 is 0 Å². The van der Waals surface area contributed by atoms with Crippen LogP contribution in [0.1, 0.15) is 5.56 Å². The fraction of sp³-hybridized carbons (Fsp3) is 0.286. The van der Waals surface area contributed by atoms with Crippen molar-refractivity contribution < 1.29 is 8.42 Å². The standard InChI is InChI=1S/C21H24N4O2S2/c1-18-6-5-7-19(16-18)25-15-12-23(21(25)28)17-22-10-13-24(14-11-22)29(26,27)20-8-3-2-4-9-20/h2-9,12,15-16H,10-11,13-14,17H2,1H3. The maximum Gasteiger partial charge on any atom is 0.243 e. The number of piperazine rings is 1. The summed E-state index contributed by atoms with van der Waals surface area (Å²) < 4.78 is 31.9. The van der Waals surface area contributed by atoms with E-state index in [0.717, 1.165) is 10.5 Å². The van der Waals surface area contributed by atoms with Crippen LogP contribution in [0.15, 0.2) is 71.9 Å². The van der Waals surface area contributed by atoms with Gasteiger partial charge in [-0.05, 0) is 49.0 Å². The first-order valence-electron chi connectivity index (χ1n) is 9.57. The highest BCUT2D eigenvalue weighted by Gasteiger charge is 2.28. The Hall–Kier alpha value is -2.26. The normalized spacial score (nSPS) is 16.2. The molecule has 2 heterocycles. The maximum absolute atomic E-state index is 12.8. The lowest BCUT2D eigenvalue weighted by molar-refractivity contribution is 0.151. The molecule has 0 radical (unpaired) electrons. The topological polar surface area (TPSA) is 50.5 Å². The number of rotatable bonds is 5. The summed E-state index contributed by atoms with van der Waals surface area (Å²) in [7, 11) is -3.43. The zero-order valence-corrected chi connectivity index (χ0v) is 17.9. The van der Waals surface area contributed by atoms with Crippen molar-refractivity contribution in [3.8, 4) is 5.69 Å². The quantitative estimate of drug-likeness (QED) is 0.585. The number of hydrogen-bond acceptors (Lipinski definition) is 4. The van der Waals surface area contributed by atoms with E-state index < -0.39 is 10.0 Å². The highest BCUT2D eigenvalue weighted by atomic mass is 32.2. The van der Waals surface area contributed by atoms with E-state index in [0.29, 0.717) is 37.7 Å². The van der Waals surface area contributed by atoms with Crippen LogP contribution in [0.5, 0.6) is 0 Å². The zero-order chi connectivity index (χ0) is 20.4. The van der Waals surface area contributed by atoms with Crippen molar-refractivity contribution in [1.82, 2.24) is 18.3 Å². The lowest BCUT2D eigenvalue weighted by atomic mass is 10.2. The highest BCUT2D eigenvalue weighted by molar-refractivity contribution is 7.89. The molecular formula is C21H24N4O2S2. The van der Waals surface area contributed by atoms with E-state index in [1.54, 1.807) is 28.6 Å². The van der Waals surface area contributed by atoms with Gasteiger partial charge in [-0.15, -0.1) is 0 Å². The third-order valence-electron chi connectivity index (χ3n) is 5.19. The molecule has 1 aliphatic heterocycles. The van der Waals surface area contributed by atoms with Gasteiger partial charge in [-0.1, -0.05) is 30.3 Å². The van der Waals surface area contributed by atoms with E-state index in [-0.39, 0.29) is 0 Å². The summed E-state index contributed by atoms with van der Waals surface area (Å²) in [5, 5.41) is 0. The number of aryl methyl sites for hydroxylation is 1. The molecule has 0 bridgehead atoms. The Balaban J connectivity index is 1.43. The second-order valence-corrected chi connectivity index (χ2v) is 9.54. The third-order valence-corrected chi connectivity index (χ3v) is 7.54. The lowest BCUT2D eigenvalue weighted by Crippen LogP contribution is -2.48. The number of imidazole rings is 1. The van der Waals surface area contributed by atoms with Gasteiger partial charge < -0.3 is 4.57 Å². The number of aromatic nitrogens is 2. The van der Waals surface area contributed by atoms with Crippen molar-refractivity contribution in [1.29, 1.82) is 0 Å². The monoisotopic (exact) mass is 428 g/mol. The summed E-state index contributed by atoms with van der Waals surface area (Å²) in [6.45, 7) is 5.00. The zero-order valence-electron chi connectivity index (χ0n) is 16.3. The Bertz CT molecular complexity index is 1140. The van der Waals surface area contributed by atoms with E-state index in [4.69, 9.17) is 12.2 Å². The summed E-state index contributed by atoms with van der Waals surface area (Å²) in [6.07, 6.45) is 3.96. The smallest absolute Gasteiger partial charge is 0.243 e. The largest absolute Gasteiger partial charge is 0.310 e. The van der Waals surface area contributed by atoms with Gasteiger partial charge >= 0.3 is 0 Å². The molecule has 6 nitrogen and oxygen atoms in total. The van der Waals surface area contributed by atoms with Crippen LogP contribution in [-0.4, -0.2) is 52.9 Å². The van der Waals surface area contributed by atoms with Crippen LogP contribution in [0.4, 0.5) is 0 Å². The first-order valence-corrected chi connectivity index (χ1v) is 11.4. The molecule has 1 fully saturated rings. The van der Waals surface area contributed by atoms with Crippen LogP contribution >= 0.6 is 12.2 Å². The predicted octanol–water partition coefficient (Wildman–Crippen LogP) is 3.28. The molecule has 1 saturated heterocycles. The highest BCUT2D eigenvalue weighted by Crippen LogP contribution is 2.18. The number of benzene rings is 2. The maximum atomic E-state index is 12.8. The minimum Gasteiger partial charge on any atom is -0.310 e. The van der Waals surface area contributed by atoms with Crippen LogP contribution in [0.25, 0.3) is 5.69 Å². The minimum atomic E-state index is -3.43. The van der Waals surface area contributed by atoms with Crippen LogP contribution in [-0.2, 0) is 16.7 Å². The van der Waals surface area contributed by atoms with Crippen LogP contribution < -0.4 is 0 Å². The van der Waals surface area contributed by atoms with Crippen LogP contribution in [0.2, 0.25) is 0 Å². The van der Waals surface area contributed by atoms with Crippen LogP contribution in [0.3, 0.4) is 0 Å². The minimum absolute atomic E-state index is 0.353. The molecule has 0 spiro atoms. The fourth-order valence-electron chi connectivity index (χ4n) is 3.56. The van der Waals surface area contributed by atoms with Gasteiger partial charge in [-0.2, -0.15) is 4.31 Å². The van der Waals surface area contributed by atoms with Gasteiger partial charge in [0.15, 0.2) is 4.77 Å². The molecule has 29 heavy (non-hydrogen) atoms. The molecule has 0 saturated carbocycles. The van der Waals surface area contributed by atoms with Crippen molar-refractivity contribution in [2.75, 3.05) is 26.2 Å². The van der Waals surface area contributed by atoms with Crippen molar-refractivity contribution >= 4 is 22.2 Å². The van der Waals surface area contributed by atoms with Gasteiger partial charge in [-0.25, -0.2) is 8.42 Å². The van der Waals surface area contributed by atoms with Crippen molar-refractivity contribution in [3.63, 3.8) is 0 Å². The first-order chi connectivity index (χ1) is 13.9. The summed E-state index contributed by atoms with van der Waals surface area (Å²) in [5.74, 6) is 0. The molecule has 0 amide bonds. The lowest BCUT2D eigenvalue weighted by Gasteiger charge is -2.34. The molecule has 4 rings (SSSR count). The van der Waals surface area contributed by atoms with Gasteiger partial charge in [0, 0.05) is 44.3 Å². The van der Waals surface area contributed by atoms with Gasteiger partial charge in [0.25, 0.3) is 0 Å². The molecule has 1 aliphatic rings. The second-order valence-electron chi connectivity index (χ2n) is 7.24. The molecule has 0 aliphatic carbocycles. The summed E-state index contributed by atoms with van der Waals surface area (Å²) in [4.78, 5) is 2.58. The summed E-state index contributed by atoms with van der Waals surface area (Å²) in [6, 6.07) is 16.9. The molecule has 0 atom stereocenters. The SMILES string of the molecule is Cc1cccc(-n2ccn(CN3CCN(S(=O)(=O)c4ccccc4)CC3)c2=S)c1. The summed E-state index contributed by atoms with van der Waals surface area (Å²) in [5.41, 5.74) is 2.24. The van der Waals surface area contributed by atoms with Crippen molar-refractivity contribution in [2.45, 2.75) is 18.5 Å². The number of sulfonamides is 1. The molecule has 3 aromatic rings. The Kier molecular flexibility index (Phi) is 5.69. The van der Waals surface area contributed by atoms with Gasteiger partial charge in [0.05, 0.1) is 11.6 Å². The molecule has 0 N–H and O–H groups in total. The molecule has 8 heteroatoms. The molecular weight excluding hydrogens is 404 g/mol. The van der Waals surface area contributed by atoms with E-state index in [1.165, 1.54) is 5.56 Å². The van der Waals surface area contributed by atoms with Gasteiger partial charge in [0.2, 0.25) is 10.0 Å². The molecule has 2 aromatic carbocycles. The van der Waals surface area contributed by atoms with E-state index in [9.17, 15) is 8.42 Å². The Morgan fingerprint density at radius 1 is 0.931 bits per heavy atom. The van der Waals surface area contributed by atoms with E-state index in [2.05, 4.69) is 24.0 Å². The second kappa shape index (κ2) is 8.23.